The zero-order valence-corrected chi connectivity index (χ0v) is 14.5. The Hall–Kier alpha value is -1.88. The summed E-state index contributed by atoms with van der Waals surface area (Å²) in [5.41, 5.74) is 2.18. The first-order valence-electron chi connectivity index (χ1n) is 8.74. The summed E-state index contributed by atoms with van der Waals surface area (Å²) < 4.78 is 13.5. The average molecular weight is 331 g/mol. The van der Waals surface area contributed by atoms with Crippen LogP contribution < -0.4 is 5.32 Å². The van der Waals surface area contributed by atoms with Crippen LogP contribution >= 0.6 is 0 Å². The Bertz CT molecular complexity index is 631. The van der Waals surface area contributed by atoms with Crippen LogP contribution in [-0.4, -0.2) is 48.6 Å². The number of carbonyl (C=O) groups is 1. The summed E-state index contributed by atoms with van der Waals surface area (Å²) in [6, 6.07) is 6.57. The predicted molar refractivity (Wildman–Crippen MR) is 93.3 cm³/mol. The lowest BCUT2D eigenvalue weighted by Crippen LogP contribution is -2.45. The summed E-state index contributed by atoms with van der Waals surface area (Å²) in [6.07, 6.45) is 5.04. The van der Waals surface area contributed by atoms with Gasteiger partial charge < -0.3 is 15.1 Å². The highest BCUT2D eigenvalue weighted by Gasteiger charge is 2.31. The highest BCUT2D eigenvalue weighted by molar-refractivity contribution is 5.75. The lowest BCUT2D eigenvalue weighted by atomic mass is 10.0. The summed E-state index contributed by atoms with van der Waals surface area (Å²) in [4.78, 5) is 16.8. The minimum absolute atomic E-state index is 0.0284. The second kappa shape index (κ2) is 7.34. The Kier molecular flexibility index (Phi) is 5.19. The van der Waals surface area contributed by atoms with Crippen molar-refractivity contribution in [3.8, 4) is 0 Å². The molecule has 2 aliphatic heterocycles. The van der Waals surface area contributed by atoms with Gasteiger partial charge in [0.15, 0.2) is 0 Å². The minimum atomic E-state index is -0.246. The van der Waals surface area contributed by atoms with E-state index in [-0.39, 0.29) is 23.9 Å². The van der Waals surface area contributed by atoms with Gasteiger partial charge in [0.2, 0.25) is 0 Å². The van der Waals surface area contributed by atoms with E-state index in [1.807, 2.05) is 17.9 Å². The van der Waals surface area contributed by atoms with E-state index >= 15 is 0 Å². The van der Waals surface area contributed by atoms with Gasteiger partial charge in [-0.15, -0.1) is 0 Å². The molecule has 1 fully saturated rings. The predicted octanol–water partition coefficient (Wildman–Crippen LogP) is 3.32. The number of likely N-dealkylation sites (N-methyl/N-ethyl adjacent to an activating group) is 1. The first kappa shape index (κ1) is 17.0. The fourth-order valence-corrected chi connectivity index (χ4v) is 3.61. The molecule has 24 heavy (non-hydrogen) atoms. The van der Waals surface area contributed by atoms with E-state index in [0.29, 0.717) is 0 Å². The molecule has 130 valence electrons. The number of likely N-dealkylation sites (tertiary alicyclic amines) is 1. The van der Waals surface area contributed by atoms with Gasteiger partial charge in [0.25, 0.3) is 0 Å². The van der Waals surface area contributed by atoms with Crippen LogP contribution in [0.15, 0.2) is 35.9 Å². The van der Waals surface area contributed by atoms with Crippen molar-refractivity contribution in [2.24, 2.45) is 0 Å². The van der Waals surface area contributed by atoms with Crippen LogP contribution in [0.3, 0.4) is 0 Å². The van der Waals surface area contributed by atoms with Crippen molar-refractivity contribution in [2.45, 2.75) is 38.3 Å². The molecule has 1 aromatic carbocycles. The van der Waals surface area contributed by atoms with Gasteiger partial charge in [0.1, 0.15) is 5.82 Å². The van der Waals surface area contributed by atoms with E-state index in [2.05, 4.69) is 23.3 Å². The van der Waals surface area contributed by atoms with Crippen molar-refractivity contribution in [1.82, 2.24) is 15.1 Å². The molecular weight excluding hydrogens is 305 g/mol. The average Bonchev–Trinajstić information content (AvgIpc) is 3.05. The van der Waals surface area contributed by atoms with Gasteiger partial charge in [0, 0.05) is 25.7 Å². The molecule has 0 aromatic heterocycles. The molecule has 2 heterocycles. The molecule has 2 aliphatic rings. The molecule has 2 amide bonds. The summed E-state index contributed by atoms with van der Waals surface area (Å²) in [6.45, 7) is 4.73. The van der Waals surface area contributed by atoms with Crippen molar-refractivity contribution in [3.63, 3.8) is 0 Å². The molecular formula is C19H26FN3O. The molecule has 0 saturated carbocycles. The van der Waals surface area contributed by atoms with E-state index in [1.165, 1.54) is 11.6 Å². The number of nitrogens with one attached hydrogen (secondary N) is 1. The van der Waals surface area contributed by atoms with Gasteiger partial charge in [0.05, 0.1) is 6.04 Å². The normalized spacial score (nSPS) is 23.0. The van der Waals surface area contributed by atoms with Crippen molar-refractivity contribution >= 4 is 6.03 Å². The molecule has 5 heteroatoms. The van der Waals surface area contributed by atoms with E-state index in [1.54, 1.807) is 12.1 Å². The quantitative estimate of drug-likeness (QED) is 0.863. The van der Waals surface area contributed by atoms with Crippen molar-refractivity contribution in [3.05, 3.63) is 47.3 Å². The van der Waals surface area contributed by atoms with Gasteiger partial charge in [-0.3, -0.25) is 0 Å². The zero-order chi connectivity index (χ0) is 17.1. The van der Waals surface area contributed by atoms with Gasteiger partial charge >= 0.3 is 6.03 Å². The Balaban J connectivity index is 1.65. The number of urea groups is 1. The van der Waals surface area contributed by atoms with Gasteiger partial charge in [-0.2, -0.15) is 0 Å². The molecule has 1 N–H and O–H groups in total. The lowest BCUT2D eigenvalue weighted by molar-refractivity contribution is 0.190. The number of carbonyl (C=O) groups excluding carboxylic acids is 1. The van der Waals surface area contributed by atoms with E-state index in [9.17, 15) is 9.18 Å². The SMILES string of the molecule is C[C@H](NC(=O)N1CCC[C@H]1c1cccc(F)c1)C1=CCN(C)CC1. The molecule has 1 aromatic rings. The van der Waals surface area contributed by atoms with Crippen LogP contribution in [0.2, 0.25) is 0 Å². The van der Waals surface area contributed by atoms with Crippen LogP contribution in [-0.2, 0) is 0 Å². The topological polar surface area (TPSA) is 35.6 Å². The van der Waals surface area contributed by atoms with Gasteiger partial charge in [-0.25, -0.2) is 9.18 Å². The first-order valence-corrected chi connectivity index (χ1v) is 8.74. The molecule has 0 aliphatic carbocycles. The number of hydrogen-bond donors (Lipinski definition) is 1. The molecule has 3 rings (SSSR count). The van der Waals surface area contributed by atoms with E-state index in [0.717, 1.165) is 44.5 Å². The first-order chi connectivity index (χ1) is 11.5. The fraction of sp³-hybridized carbons (Fsp3) is 0.526. The maximum atomic E-state index is 13.5. The second-order valence-corrected chi connectivity index (χ2v) is 6.87. The Morgan fingerprint density at radius 1 is 1.38 bits per heavy atom. The zero-order valence-electron chi connectivity index (χ0n) is 14.5. The molecule has 0 radical (unpaired) electrons. The molecule has 0 spiro atoms. The third-order valence-corrected chi connectivity index (χ3v) is 5.09. The largest absolute Gasteiger partial charge is 0.332 e. The molecule has 0 bridgehead atoms. The number of nitrogens with zero attached hydrogens (tertiary/aromatic N) is 2. The van der Waals surface area contributed by atoms with E-state index in [4.69, 9.17) is 0 Å². The summed E-state index contributed by atoms with van der Waals surface area (Å²) in [5, 5.41) is 3.13. The second-order valence-electron chi connectivity index (χ2n) is 6.87. The van der Waals surface area contributed by atoms with Crippen LogP contribution in [0.25, 0.3) is 0 Å². The Morgan fingerprint density at radius 2 is 2.21 bits per heavy atom. The number of benzene rings is 1. The molecule has 4 nitrogen and oxygen atoms in total. The smallest absolute Gasteiger partial charge is 0.318 e. The number of hydrogen-bond acceptors (Lipinski definition) is 2. The van der Waals surface area contributed by atoms with Crippen molar-refractivity contribution in [2.75, 3.05) is 26.7 Å². The van der Waals surface area contributed by atoms with Crippen LogP contribution in [0.1, 0.15) is 37.8 Å². The highest BCUT2D eigenvalue weighted by Crippen LogP contribution is 2.32. The van der Waals surface area contributed by atoms with E-state index < -0.39 is 0 Å². The standard InChI is InChI=1S/C19H26FN3O/c1-14(15-8-11-22(2)12-9-15)21-19(24)23-10-4-7-18(23)16-5-3-6-17(20)13-16/h3,5-6,8,13-14,18H,4,7,9-12H2,1-2H3,(H,21,24)/t14-,18-/m0/s1. The summed E-state index contributed by atoms with van der Waals surface area (Å²) in [7, 11) is 2.10. The van der Waals surface area contributed by atoms with Gasteiger partial charge in [-0.05, 0) is 56.5 Å². The molecule has 2 atom stereocenters. The highest BCUT2D eigenvalue weighted by atomic mass is 19.1. The van der Waals surface area contributed by atoms with Crippen molar-refractivity contribution < 1.29 is 9.18 Å². The summed E-state index contributed by atoms with van der Waals surface area (Å²) in [5.74, 6) is -0.246. The third-order valence-electron chi connectivity index (χ3n) is 5.09. The van der Waals surface area contributed by atoms with Crippen LogP contribution in [0.5, 0.6) is 0 Å². The maximum absolute atomic E-state index is 13.5. The Morgan fingerprint density at radius 3 is 2.92 bits per heavy atom. The minimum Gasteiger partial charge on any atom is -0.332 e. The van der Waals surface area contributed by atoms with Crippen LogP contribution in [0.4, 0.5) is 9.18 Å². The number of amides is 2. The fourth-order valence-electron chi connectivity index (χ4n) is 3.61. The number of halogens is 1. The van der Waals surface area contributed by atoms with Gasteiger partial charge in [-0.1, -0.05) is 18.2 Å². The molecule has 1 saturated heterocycles. The maximum Gasteiger partial charge on any atom is 0.318 e. The lowest BCUT2D eigenvalue weighted by Gasteiger charge is -2.30. The monoisotopic (exact) mass is 331 g/mol. The molecule has 0 unspecified atom stereocenters. The third kappa shape index (κ3) is 3.78. The van der Waals surface area contributed by atoms with Crippen molar-refractivity contribution in [1.29, 1.82) is 0 Å². The summed E-state index contributed by atoms with van der Waals surface area (Å²) >= 11 is 0. The van der Waals surface area contributed by atoms with Crippen LogP contribution in [0, 0.1) is 5.82 Å². The number of rotatable bonds is 3. The Labute approximate surface area is 143 Å².